The molecular formula is C55H34N4S. The summed E-state index contributed by atoms with van der Waals surface area (Å²) >= 11 is 1.81. The molecule has 0 bridgehead atoms. The van der Waals surface area contributed by atoms with Crippen LogP contribution in [0.2, 0.25) is 0 Å². The number of benzene rings is 8. The number of thiophene rings is 1. The monoisotopic (exact) mass is 782 g/mol. The van der Waals surface area contributed by atoms with Gasteiger partial charge < -0.3 is 4.57 Å². The minimum absolute atomic E-state index is 0.675. The van der Waals surface area contributed by atoms with Gasteiger partial charge in [-0.1, -0.05) is 146 Å². The highest BCUT2D eigenvalue weighted by Crippen LogP contribution is 2.45. The maximum Gasteiger partial charge on any atom is 0.161 e. The number of fused-ring (bicyclic) bond motifs is 10. The lowest BCUT2D eigenvalue weighted by Crippen LogP contribution is -2.07. The van der Waals surface area contributed by atoms with E-state index < -0.39 is 0 Å². The summed E-state index contributed by atoms with van der Waals surface area (Å²) < 4.78 is 4.72. The molecule has 0 spiro atoms. The molecule has 0 unspecified atom stereocenters. The molecule has 1 aliphatic rings. The van der Waals surface area contributed by atoms with Crippen molar-refractivity contribution in [3.63, 3.8) is 0 Å². The van der Waals surface area contributed by atoms with E-state index in [9.17, 15) is 0 Å². The second-order valence-corrected chi connectivity index (χ2v) is 16.2. The Morgan fingerprint density at radius 2 is 1.17 bits per heavy atom. The van der Waals surface area contributed by atoms with Crippen LogP contribution in [0.3, 0.4) is 0 Å². The predicted molar refractivity (Wildman–Crippen MR) is 255 cm³/mol. The standard InChI is InChI=1S/C55H34N4S/c1-4-16-35(17-5-1)45-27-15-28-46(37-30-32-49-44(34-37)39-22-11-13-29-48(39)59(49)38-20-8-3-9-21-38)58-55(57-45)43-25-14-24-42-52-50(60-54(42)43)33-31-41-51(52)40-23-10-12-26-47(40)56-53(41)36-18-6-2-7-19-36/h1-34H/b27-15?,28-15+,45-27+,46-28?,57-45?,57-55-,58-46+,58-55?. The Kier molecular flexibility index (Phi) is 8.00. The van der Waals surface area contributed by atoms with Gasteiger partial charge in [0.1, 0.15) is 0 Å². The molecule has 5 heteroatoms. The van der Waals surface area contributed by atoms with Crippen LogP contribution in [0.4, 0.5) is 0 Å². The van der Waals surface area contributed by atoms with Crippen LogP contribution in [0, 0.1) is 0 Å². The molecule has 8 aromatic carbocycles. The van der Waals surface area contributed by atoms with Crippen LogP contribution < -0.4 is 0 Å². The van der Waals surface area contributed by atoms with Gasteiger partial charge in [-0.05, 0) is 60.7 Å². The van der Waals surface area contributed by atoms with Gasteiger partial charge in [-0.3, -0.25) is 0 Å². The third-order valence-electron chi connectivity index (χ3n) is 11.6. The predicted octanol–water partition coefficient (Wildman–Crippen LogP) is 14.4. The van der Waals surface area contributed by atoms with E-state index in [1.165, 1.54) is 37.1 Å². The number of hydrogen-bond donors (Lipinski definition) is 0. The number of nitrogens with zero attached hydrogens (tertiary/aromatic N) is 4. The van der Waals surface area contributed by atoms with Crippen LogP contribution in [0.25, 0.3) is 86.3 Å². The first-order chi connectivity index (χ1) is 29.8. The summed E-state index contributed by atoms with van der Waals surface area (Å²) in [6.45, 7) is 0. The zero-order valence-electron chi connectivity index (χ0n) is 32.3. The van der Waals surface area contributed by atoms with Crippen LogP contribution in [-0.2, 0) is 0 Å². The van der Waals surface area contributed by atoms with Gasteiger partial charge in [0.05, 0.1) is 33.7 Å². The first-order valence-corrected chi connectivity index (χ1v) is 21.0. The van der Waals surface area contributed by atoms with Crippen molar-refractivity contribution in [2.24, 2.45) is 9.98 Å². The summed E-state index contributed by atoms with van der Waals surface area (Å²) in [5, 5.41) is 8.32. The van der Waals surface area contributed by atoms with Gasteiger partial charge in [0.25, 0.3) is 0 Å². The van der Waals surface area contributed by atoms with Gasteiger partial charge in [-0.15, -0.1) is 11.3 Å². The number of aromatic nitrogens is 2. The average Bonchev–Trinajstić information content (AvgIpc) is 3.85. The number of hydrogen-bond acceptors (Lipinski definition) is 4. The SMILES string of the molecule is C1=C/C(c2ccc3c(c2)c2ccccc2n3-c2ccccc2)=N\C(c2cccc3c2sc2ccc4c(-c5ccccc5)nc5ccccc5c4c23)=N/C(c2ccccc2)=C/1. The van der Waals surface area contributed by atoms with Crippen LogP contribution in [0.1, 0.15) is 16.7 Å². The van der Waals surface area contributed by atoms with Gasteiger partial charge in [0.15, 0.2) is 5.84 Å². The Morgan fingerprint density at radius 1 is 0.467 bits per heavy atom. The summed E-state index contributed by atoms with van der Waals surface area (Å²) in [6, 6.07) is 66.5. The molecule has 0 aliphatic carbocycles. The molecule has 4 heterocycles. The average molecular weight is 783 g/mol. The van der Waals surface area contributed by atoms with Gasteiger partial charge in [-0.2, -0.15) is 0 Å². The first-order valence-electron chi connectivity index (χ1n) is 20.2. The molecule has 1 aliphatic heterocycles. The Morgan fingerprint density at radius 3 is 2.00 bits per heavy atom. The highest BCUT2D eigenvalue weighted by molar-refractivity contribution is 7.26. The number of para-hydroxylation sites is 3. The van der Waals surface area contributed by atoms with E-state index in [4.69, 9.17) is 15.0 Å². The summed E-state index contributed by atoms with van der Waals surface area (Å²) in [4.78, 5) is 16.2. The molecule has 0 amide bonds. The lowest BCUT2D eigenvalue weighted by atomic mass is 9.96. The topological polar surface area (TPSA) is 42.5 Å². The summed E-state index contributed by atoms with van der Waals surface area (Å²) in [5.41, 5.74) is 11.3. The van der Waals surface area contributed by atoms with E-state index in [1.807, 2.05) is 6.07 Å². The van der Waals surface area contributed by atoms with Crippen molar-refractivity contribution in [3.8, 4) is 16.9 Å². The molecular weight excluding hydrogens is 749 g/mol. The van der Waals surface area contributed by atoms with Crippen LogP contribution in [-0.4, -0.2) is 21.1 Å². The fourth-order valence-corrected chi connectivity index (χ4v) is 10.1. The first kappa shape index (κ1) is 34.3. The van der Waals surface area contributed by atoms with E-state index in [1.54, 1.807) is 11.3 Å². The summed E-state index contributed by atoms with van der Waals surface area (Å²) in [6.07, 6.45) is 6.30. The molecule has 3 aromatic heterocycles. The minimum Gasteiger partial charge on any atom is -0.309 e. The summed E-state index contributed by atoms with van der Waals surface area (Å²) in [5.74, 6) is 0.675. The maximum absolute atomic E-state index is 5.52. The normalized spacial score (nSPS) is 16.4. The van der Waals surface area contributed by atoms with Crippen LogP contribution in [0.5, 0.6) is 0 Å². The van der Waals surface area contributed by atoms with Crippen LogP contribution in [0.15, 0.2) is 216 Å². The highest BCUT2D eigenvalue weighted by atomic mass is 32.1. The minimum atomic E-state index is 0.675. The Bertz CT molecular complexity index is 3630. The zero-order valence-corrected chi connectivity index (χ0v) is 33.1. The number of allylic oxidation sites excluding steroid dienone is 3. The second kappa shape index (κ2) is 14.0. The molecule has 280 valence electrons. The lowest BCUT2D eigenvalue weighted by Gasteiger charge is -2.12. The van der Waals surface area contributed by atoms with Crippen LogP contribution >= 0.6 is 11.3 Å². The molecule has 0 saturated carbocycles. The van der Waals surface area contributed by atoms with Crippen molar-refractivity contribution in [1.82, 2.24) is 9.55 Å². The van der Waals surface area contributed by atoms with Crippen molar-refractivity contribution < 1.29 is 0 Å². The van der Waals surface area contributed by atoms with E-state index in [-0.39, 0.29) is 0 Å². The lowest BCUT2D eigenvalue weighted by molar-refractivity contribution is 1.18. The Labute approximate surface area is 350 Å². The van der Waals surface area contributed by atoms with Gasteiger partial charge in [0.2, 0.25) is 0 Å². The number of aliphatic imine (C=N–C) groups is 2. The van der Waals surface area contributed by atoms with Crippen molar-refractivity contribution in [1.29, 1.82) is 0 Å². The quantitative estimate of drug-likeness (QED) is 0.160. The largest absolute Gasteiger partial charge is 0.309 e. The molecule has 0 saturated heterocycles. The molecule has 4 nitrogen and oxygen atoms in total. The molecule has 11 aromatic rings. The highest BCUT2D eigenvalue weighted by Gasteiger charge is 2.21. The van der Waals surface area contributed by atoms with E-state index >= 15 is 0 Å². The molecule has 0 radical (unpaired) electrons. The fourth-order valence-electron chi connectivity index (χ4n) is 8.92. The Balaban J connectivity index is 1.09. The fraction of sp³-hybridized carbons (Fsp3) is 0. The van der Waals surface area contributed by atoms with Crippen molar-refractivity contribution in [2.45, 2.75) is 0 Å². The van der Waals surface area contributed by atoms with Gasteiger partial charge in [0, 0.05) is 75.0 Å². The maximum atomic E-state index is 5.52. The van der Waals surface area contributed by atoms with Gasteiger partial charge in [-0.25, -0.2) is 15.0 Å². The van der Waals surface area contributed by atoms with Crippen molar-refractivity contribution in [3.05, 3.63) is 223 Å². The van der Waals surface area contributed by atoms with Crippen molar-refractivity contribution >= 4 is 92.2 Å². The number of pyridine rings is 1. The van der Waals surface area contributed by atoms with E-state index in [2.05, 4.69) is 205 Å². The number of amidine groups is 1. The Hall–Kier alpha value is -7.73. The smallest absolute Gasteiger partial charge is 0.161 e. The molecule has 12 rings (SSSR count). The molecule has 60 heavy (non-hydrogen) atoms. The molecule has 0 atom stereocenters. The zero-order chi connectivity index (χ0) is 39.6. The van der Waals surface area contributed by atoms with Gasteiger partial charge >= 0.3 is 0 Å². The molecule has 0 N–H and O–H groups in total. The molecule has 0 fully saturated rings. The summed E-state index contributed by atoms with van der Waals surface area (Å²) in [7, 11) is 0. The second-order valence-electron chi connectivity index (χ2n) is 15.1. The third-order valence-corrected chi connectivity index (χ3v) is 12.8. The van der Waals surface area contributed by atoms with E-state index in [0.717, 1.165) is 71.5 Å². The van der Waals surface area contributed by atoms with Crippen molar-refractivity contribution in [2.75, 3.05) is 0 Å². The van der Waals surface area contributed by atoms with E-state index in [0.29, 0.717) is 5.84 Å². The number of rotatable bonds is 5. The third kappa shape index (κ3) is 5.55.